The smallest absolute Gasteiger partial charge is 0.264 e. The zero-order chi connectivity index (χ0) is 21.6. The molecule has 10 heteroatoms. The van der Waals surface area contributed by atoms with Gasteiger partial charge >= 0.3 is 0 Å². The van der Waals surface area contributed by atoms with E-state index < -0.39 is 22.5 Å². The maximum Gasteiger partial charge on any atom is 0.264 e. The van der Waals surface area contributed by atoms with Crippen molar-refractivity contribution < 1.29 is 13.2 Å². The third kappa shape index (κ3) is 5.35. The maximum atomic E-state index is 13.2. The van der Waals surface area contributed by atoms with E-state index in [2.05, 4.69) is 15.5 Å². The van der Waals surface area contributed by atoms with Crippen LogP contribution in [0.25, 0.3) is 0 Å². The number of amides is 1. The highest BCUT2D eigenvalue weighted by atomic mass is 35.5. The van der Waals surface area contributed by atoms with Crippen molar-refractivity contribution in [1.82, 2.24) is 10.4 Å². The number of rotatable bonds is 7. The van der Waals surface area contributed by atoms with Gasteiger partial charge in [-0.05, 0) is 36.4 Å². The summed E-state index contributed by atoms with van der Waals surface area (Å²) >= 11 is 12.2. The highest BCUT2D eigenvalue weighted by Gasteiger charge is 2.28. The number of hydrogen-bond acceptors (Lipinski definition) is 5. The highest BCUT2D eigenvalue weighted by molar-refractivity contribution is 7.92. The van der Waals surface area contributed by atoms with Crippen LogP contribution in [0.4, 0.5) is 5.69 Å². The van der Waals surface area contributed by atoms with E-state index in [0.29, 0.717) is 10.6 Å². The summed E-state index contributed by atoms with van der Waals surface area (Å²) in [5.74, 6) is -0.652. The molecule has 1 aromatic heterocycles. The van der Waals surface area contributed by atoms with Crippen LogP contribution in [0.1, 0.15) is 5.56 Å². The van der Waals surface area contributed by atoms with E-state index in [1.165, 1.54) is 36.5 Å². The molecule has 154 valence electrons. The highest BCUT2D eigenvalue weighted by Crippen LogP contribution is 2.32. The van der Waals surface area contributed by atoms with Crippen LogP contribution in [0.15, 0.2) is 83.1 Å². The van der Waals surface area contributed by atoms with Gasteiger partial charge in [0.05, 0.1) is 21.8 Å². The van der Waals surface area contributed by atoms with Crippen molar-refractivity contribution in [3.05, 3.63) is 88.7 Å². The molecule has 0 unspecified atom stereocenters. The molecule has 0 fully saturated rings. The number of nitrogens with one attached hydrogen (secondary N) is 1. The Kier molecular flexibility index (Phi) is 7.04. The third-order valence-electron chi connectivity index (χ3n) is 3.88. The molecule has 30 heavy (non-hydrogen) atoms. The van der Waals surface area contributed by atoms with Gasteiger partial charge in [0.1, 0.15) is 6.54 Å². The summed E-state index contributed by atoms with van der Waals surface area (Å²) < 4.78 is 27.3. The van der Waals surface area contributed by atoms with Crippen LogP contribution in [0, 0.1) is 0 Å². The predicted octanol–water partition coefficient (Wildman–Crippen LogP) is 3.73. The molecular formula is C20H16Cl2N4O3S. The molecule has 0 saturated carbocycles. The summed E-state index contributed by atoms with van der Waals surface area (Å²) in [4.78, 5) is 16.4. The van der Waals surface area contributed by atoms with Crippen LogP contribution < -0.4 is 9.73 Å². The first-order valence-electron chi connectivity index (χ1n) is 8.63. The summed E-state index contributed by atoms with van der Waals surface area (Å²) in [6.07, 6.45) is 4.57. The van der Waals surface area contributed by atoms with E-state index in [1.54, 1.807) is 42.7 Å². The molecule has 0 aliphatic rings. The fourth-order valence-electron chi connectivity index (χ4n) is 2.50. The quantitative estimate of drug-likeness (QED) is 0.427. The van der Waals surface area contributed by atoms with Crippen molar-refractivity contribution >= 4 is 51.0 Å². The van der Waals surface area contributed by atoms with Gasteiger partial charge in [0.25, 0.3) is 15.9 Å². The molecule has 0 bridgehead atoms. The van der Waals surface area contributed by atoms with E-state index in [-0.39, 0.29) is 15.6 Å². The molecule has 0 saturated heterocycles. The van der Waals surface area contributed by atoms with Gasteiger partial charge in [-0.25, -0.2) is 13.8 Å². The van der Waals surface area contributed by atoms with Crippen molar-refractivity contribution in [2.24, 2.45) is 5.10 Å². The van der Waals surface area contributed by atoms with Crippen molar-refractivity contribution in [2.75, 3.05) is 10.8 Å². The third-order valence-corrected chi connectivity index (χ3v) is 6.20. The Labute approximate surface area is 184 Å². The molecule has 1 N–H and O–H groups in total. The molecule has 7 nitrogen and oxygen atoms in total. The zero-order valence-corrected chi connectivity index (χ0v) is 17.8. The lowest BCUT2D eigenvalue weighted by Gasteiger charge is -2.24. The van der Waals surface area contributed by atoms with Crippen molar-refractivity contribution in [2.45, 2.75) is 4.90 Å². The molecule has 1 amide bonds. The maximum absolute atomic E-state index is 13.2. The van der Waals surface area contributed by atoms with Crippen LogP contribution in [0.3, 0.4) is 0 Å². The van der Waals surface area contributed by atoms with Crippen molar-refractivity contribution in [3.63, 3.8) is 0 Å². The lowest BCUT2D eigenvalue weighted by molar-refractivity contribution is -0.119. The zero-order valence-electron chi connectivity index (χ0n) is 15.4. The Morgan fingerprint density at radius 1 is 1.10 bits per heavy atom. The van der Waals surface area contributed by atoms with Gasteiger partial charge in [-0.1, -0.05) is 47.5 Å². The molecule has 1 heterocycles. The van der Waals surface area contributed by atoms with Gasteiger partial charge in [0.15, 0.2) is 0 Å². The number of carbonyl (C=O) groups excluding carboxylic acids is 1. The number of nitrogens with zero attached hydrogens (tertiary/aromatic N) is 3. The molecule has 0 atom stereocenters. The van der Waals surface area contributed by atoms with Gasteiger partial charge < -0.3 is 0 Å². The molecule has 0 spiro atoms. The SMILES string of the molecule is O=C(CN(c1ccc(Cl)cc1Cl)S(=O)(=O)c1ccccc1)N/N=C\c1cccnc1. The first-order chi connectivity index (χ1) is 14.4. The molecule has 0 aliphatic heterocycles. The lowest BCUT2D eigenvalue weighted by atomic mass is 10.3. The first kappa shape index (κ1) is 21.8. The van der Waals surface area contributed by atoms with Gasteiger partial charge in [-0.3, -0.25) is 14.1 Å². The number of benzene rings is 2. The molecule has 0 radical (unpaired) electrons. The van der Waals surface area contributed by atoms with Crippen LogP contribution in [0.5, 0.6) is 0 Å². The van der Waals surface area contributed by atoms with Gasteiger partial charge in [0.2, 0.25) is 0 Å². The summed E-state index contributed by atoms with van der Waals surface area (Å²) in [5, 5.41) is 4.27. The van der Waals surface area contributed by atoms with Crippen LogP contribution in [-0.2, 0) is 14.8 Å². The minimum atomic E-state index is -4.08. The number of hydrogen-bond donors (Lipinski definition) is 1. The molecule has 0 aliphatic carbocycles. The lowest BCUT2D eigenvalue weighted by Crippen LogP contribution is -2.39. The summed E-state index contributed by atoms with van der Waals surface area (Å²) in [7, 11) is -4.08. The Morgan fingerprint density at radius 3 is 2.53 bits per heavy atom. The monoisotopic (exact) mass is 462 g/mol. The largest absolute Gasteiger partial charge is 0.271 e. The van der Waals surface area contributed by atoms with E-state index >= 15 is 0 Å². The van der Waals surface area contributed by atoms with Crippen LogP contribution >= 0.6 is 23.2 Å². The summed E-state index contributed by atoms with van der Waals surface area (Å²) in [6.45, 7) is -0.539. The number of anilines is 1. The van der Waals surface area contributed by atoms with Crippen LogP contribution in [0.2, 0.25) is 10.0 Å². The van der Waals surface area contributed by atoms with Gasteiger partial charge in [-0.2, -0.15) is 5.10 Å². The fourth-order valence-corrected chi connectivity index (χ4v) is 4.52. The number of carbonyl (C=O) groups is 1. The molecule has 3 aromatic rings. The average Bonchev–Trinajstić information content (AvgIpc) is 2.74. The Balaban J connectivity index is 1.88. The second kappa shape index (κ2) is 9.71. The molecule has 2 aromatic carbocycles. The predicted molar refractivity (Wildman–Crippen MR) is 117 cm³/mol. The van der Waals surface area contributed by atoms with E-state index in [1.807, 2.05) is 0 Å². The van der Waals surface area contributed by atoms with Gasteiger partial charge in [0, 0.05) is 23.0 Å². The topological polar surface area (TPSA) is 91.7 Å². The Hall–Kier alpha value is -2.94. The number of halogens is 2. The minimum Gasteiger partial charge on any atom is -0.271 e. The first-order valence-corrected chi connectivity index (χ1v) is 10.8. The molecular weight excluding hydrogens is 447 g/mol. The van der Waals surface area contributed by atoms with Crippen molar-refractivity contribution in [1.29, 1.82) is 0 Å². The van der Waals surface area contributed by atoms with Gasteiger partial charge in [-0.15, -0.1) is 0 Å². The van der Waals surface area contributed by atoms with Crippen LogP contribution in [-0.4, -0.2) is 32.1 Å². The number of hydrazone groups is 1. The van der Waals surface area contributed by atoms with E-state index in [4.69, 9.17) is 23.2 Å². The standard InChI is InChI=1S/C20H16Cl2N4O3S/c21-16-8-9-19(18(22)11-16)26(30(28,29)17-6-2-1-3-7-17)14-20(27)25-24-13-15-5-4-10-23-12-15/h1-13H,14H2,(H,25,27)/b24-13-. The Bertz CT molecular complexity index is 1160. The second-order valence-corrected chi connectivity index (χ2v) is 8.71. The second-order valence-electron chi connectivity index (χ2n) is 6.00. The van der Waals surface area contributed by atoms with E-state index in [0.717, 1.165) is 4.31 Å². The minimum absolute atomic E-state index is 0.0164. The summed E-state index contributed by atoms with van der Waals surface area (Å²) in [5.41, 5.74) is 3.11. The fraction of sp³-hybridized carbons (Fsp3) is 0.0500. The van der Waals surface area contributed by atoms with E-state index in [9.17, 15) is 13.2 Å². The summed E-state index contributed by atoms with van der Waals surface area (Å²) in [6, 6.07) is 15.6. The average molecular weight is 463 g/mol. The number of aromatic nitrogens is 1. The normalized spacial score (nSPS) is 11.4. The number of pyridine rings is 1. The molecule has 3 rings (SSSR count). The van der Waals surface area contributed by atoms with Crippen molar-refractivity contribution in [3.8, 4) is 0 Å². The Morgan fingerprint density at radius 2 is 1.87 bits per heavy atom. The number of sulfonamides is 1.